The van der Waals surface area contributed by atoms with E-state index in [1.54, 1.807) is 0 Å². The fraction of sp³-hybridized carbons (Fsp3) is 0.194. The predicted molar refractivity (Wildman–Crippen MR) is 180 cm³/mol. The van der Waals surface area contributed by atoms with E-state index < -0.39 is 7.92 Å². The summed E-state index contributed by atoms with van der Waals surface area (Å²) in [5.74, 6) is 0. The fourth-order valence-electron chi connectivity index (χ4n) is 5.62. The zero-order chi connectivity index (χ0) is 28.6. The number of benzene rings is 4. The number of likely N-dealkylation sites (N-methyl/N-ethyl adjacent to an activating group) is 1. The first kappa shape index (κ1) is 29.0. The molecule has 0 heterocycles. The van der Waals surface area contributed by atoms with Crippen molar-refractivity contribution >= 4 is 35.9 Å². The van der Waals surface area contributed by atoms with Gasteiger partial charge in [0.25, 0.3) is 0 Å². The van der Waals surface area contributed by atoms with Crippen molar-refractivity contribution in [3.05, 3.63) is 155 Å². The Bertz CT molecular complexity index is 1430. The van der Waals surface area contributed by atoms with Crippen LogP contribution in [0.4, 0.5) is 0 Å². The molecule has 0 bridgehead atoms. The third-order valence-electron chi connectivity index (χ3n) is 7.54. The molecular weight excluding hydrogens is 537 g/mol. The number of allylic oxidation sites excluding steroid dienone is 3. The molecule has 0 unspecified atom stereocenters. The Morgan fingerprint density at radius 2 is 1.20 bits per heavy atom. The molecule has 5 rings (SSSR count). The zero-order valence-electron chi connectivity index (χ0n) is 23.9. The van der Waals surface area contributed by atoms with Crippen LogP contribution in [0, 0.1) is 0 Å². The van der Waals surface area contributed by atoms with E-state index in [0.29, 0.717) is 5.11 Å². The van der Waals surface area contributed by atoms with Crippen molar-refractivity contribution in [3.63, 3.8) is 0 Å². The van der Waals surface area contributed by atoms with Crippen LogP contribution < -0.4 is 21.2 Å². The van der Waals surface area contributed by atoms with Crippen molar-refractivity contribution in [2.45, 2.75) is 31.5 Å². The molecule has 4 aromatic rings. The van der Waals surface area contributed by atoms with E-state index in [0.717, 1.165) is 6.42 Å². The van der Waals surface area contributed by atoms with E-state index in [-0.39, 0.29) is 18.1 Å². The quantitative estimate of drug-likeness (QED) is 0.154. The molecular formula is C36H38N3PS. The molecule has 2 N–H and O–H groups in total. The summed E-state index contributed by atoms with van der Waals surface area (Å²) in [6.07, 6.45) is 5.56. The van der Waals surface area contributed by atoms with Crippen molar-refractivity contribution in [1.29, 1.82) is 0 Å². The third kappa shape index (κ3) is 7.02. The van der Waals surface area contributed by atoms with Gasteiger partial charge in [-0.3, -0.25) is 0 Å². The number of thiocarbonyl (C=S) groups is 1. The highest BCUT2D eigenvalue weighted by Gasteiger charge is 2.29. The summed E-state index contributed by atoms with van der Waals surface area (Å²) >= 11 is 6.01. The Morgan fingerprint density at radius 3 is 1.71 bits per heavy atom. The molecule has 41 heavy (non-hydrogen) atoms. The van der Waals surface area contributed by atoms with Gasteiger partial charge in [-0.1, -0.05) is 133 Å². The molecule has 3 atom stereocenters. The lowest BCUT2D eigenvalue weighted by Crippen LogP contribution is -2.46. The largest absolute Gasteiger partial charge is 0.356 e. The van der Waals surface area contributed by atoms with Gasteiger partial charge in [0.2, 0.25) is 0 Å². The van der Waals surface area contributed by atoms with Gasteiger partial charge in [0, 0.05) is 6.04 Å². The number of rotatable bonds is 10. The van der Waals surface area contributed by atoms with Crippen molar-refractivity contribution < 1.29 is 0 Å². The van der Waals surface area contributed by atoms with Gasteiger partial charge in [-0.2, -0.15) is 0 Å². The van der Waals surface area contributed by atoms with E-state index in [9.17, 15) is 0 Å². The lowest BCUT2D eigenvalue weighted by atomic mass is 9.92. The monoisotopic (exact) mass is 575 g/mol. The highest BCUT2D eigenvalue weighted by atomic mass is 32.1. The number of hydrogen-bond donors (Lipinski definition) is 2. The van der Waals surface area contributed by atoms with Crippen LogP contribution in [0.3, 0.4) is 0 Å². The predicted octanol–water partition coefficient (Wildman–Crippen LogP) is 7.23. The lowest BCUT2D eigenvalue weighted by Gasteiger charge is -2.35. The van der Waals surface area contributed by atoms with Crippen LogP contribution in [0.1, 0.15) is 36.6 Å². The topological polar surface area (TPSA) is 27.3 Å². The fourth-order valence-corrected chi connectivity index (χ4v) is 8.54. The minimum Gasteiger partial charge on any atom is -0.356 e. The molecule has 0 aliphatic heterocycles. The highest BCUT2D eigenvalue weighted by molar-refractivity contribution is 7.80. The Labute approximate surface area is 251 Å². The molecule has 0 radical (unpaired) electrons. The second kappa shape index (κ2) is 13.9. The van der Waals surface area contributed by atoms with E-state index in [4.69, 9.17) is 12.2 Å². The Balaban J connectivity index is 1.42. The Kier molecular flexibility index (Phi) is 9.80. The smallest absolute Gasteiger partial charge is 0.167 e. The van der Waals surface area contributed by atoms with Crippen LogP contribution in [0.5, 0.6) is 0 Å². The first-order chi connectivity index (χ1) is 20.0. The Morgan fingerprint density at radius 1 is 0.707 bits per heavy atom. The first-order valence-electron chi connectivity index (χ1n) is 14.2. The van der Waals surface area contributed by atoms with Crippen LogP contribution in [0.25, 0.3) is 0 Å². The van der Waals surface area contributed by atoms with Crippen molar-refractivity contribution in [3.8, 4) is 0 Å². The molecule has 0 fully saturated rings. The first-order valence-corrected chi connectivity index (χ1v) is 15.9. The van der Waals surface area contributed by atoms with E-state index >= 15 is 0 Å². The molecule has 0 saturated heterocycles. The summed E-state index contributed by atoms with van der Waals surface area (Å²) in [6, 6.07) is 43.2. The number of hydrogen-bond acceptors (Lipinski definition) is 2. The molecule has 4 aromatic carbocycles. The Hall–Kier alpha value is -3.56. The maximum atomic E-state index is 6.01. The van der Waals surface area contributed by atoms with Gasteiger partial charge in [0.15, 0.2) is 5.11 Å². The normalized spacial score (nSPS) is 15.1. The molecule has 1 aliphatic carbocycles. The van der Waals surface area contributed by atoms with E-state index in [1.165, 1.54) is 32.6 Å². The molecule has 0 amide bonds. The second-order valence-electron chi connectivity index (χ2n) is 10.6. The third-order valence-corrected chi connectivity index (χ3v) is 10.3. The average Bonchev–Trinajstić information content (AvgIpc) is 3.48. The minimum atomic E-state index is -0.668. The number of nitrogens with one attached hydrogen (secondary N) is 2. The van der Waals surface area contributed by atoms with Gasteiger partial charge in [-0.25, -0.2) is 0 Å². The minimum absolute atomic E-state index is 0.0262. The van der Waals surface area contributed by atoms with Crippen LogP contribution in [-0.2, 0) is 0 Å². The molecule has 0 aromatic heterocycles. The van der Waals surface area contributed by atoms with Crippen LogP contribution in [-0.4, -0.2) is 30.1 Å². The molecule has 1 aliphatic rings. The van der Waals surface area contributed by atoms with E-state index in [2.05, 4.69) is 170 Å². The number of nitrogens with zero attached hydrogens (tertiary/aromatic N) is 1. The van der Waals surface area contributed by atoms with Gasteiger partial charge in [-0.05, 0) is 80.2 Å². The average molecular weight is 576 g/mol. The summed E-state index contributed by atoms with van der Waals surface area (Å²) in [7, 11) is 3.59. The highest BCUT2D eigenvalue weighted by Crippen LogP contribution is 2.48. The summed E-state index contributed by atoms with van der Waals surface area (Å²) in [4.78, 5) is 2.26. The molecule has 208 valence electrons. The SMILES string of the molecule is C[C@@H](NC(=S)N[C@H](c1ccccc1)[C@@H](c1ccccc1)N(C)C)C1=C(P(c2ccccc2)c2ccccc2)C=CC1. The van der Waals surface area contributed by atoms with E-state index in [1.807, 2.05) is 0 Å². The maximum absolute atomic E-state index is 6.01. The molecule has 0 spiro atoms. The maximum Gasteiger partial charge on any atom is 0.167 e. The van der Waals surface area contributed by atoms with Crippen LogP contribution in [0.2, 0.25) is 0 Å². The molecule has 5 heteroatoms. The van der Waals surface area contributed by atoms with Gasteiger partial charge in [0.1, 0.15) is 0 Å². The van der Waals surface area contributed by atoms with Crippen LogP contribution >= 0.6 is 20.1 Å². The molecule has 0 saturated carbocycles. The van der Waals surface area contributed by atoms with Gasteiger partial charge in [0.05, 0.1) is 12.1 Å². The molecule has 3 nitrogen and oxygen atoms in total. The van der Waals surface area contributed by atoms with Crippen molar-refractivity contribution in [2.24, 2.45) is 0 Å². The summed E-state index contributed by atoms with van der Waals surface area (Å²) in [5, 5.41) is 12.2. The summed E-state index contributed by atoms with van der Waals surface area (Å²) in [6.45, 7) is 2.23. The van der Waals surface area contributed by atoms with Gasteiger partial charge >= 0.3 is 0 Å². The second-order valence-corrected chi connectivity index (χ2v) is 13.2. The summed E-state index contributed by atoms with van der Waals surface area (Å²) in [5.41, 5.74) is 3.85. The standard InChI is InChI=1S/C36H38N3PS/c1-27(32-25-16-26-33(32)40(30-21-12-6-13-22-30)31-23-14-7-15-24-31)37-36(41)38-34(28-17-8-4-9-18-28)35(39(2)3)29-19-10-5-11-20-29/h4-24,26-27,34-35H,25H2,1-3H3,(H2,37,38,41)/t27-,34-,35-/m1/s1. The lowest BCUT2D eigenvalue weighted by molar-refractivity contribution is 0.246. The van der Waals surface area contributed by atoms with Crippen molar-refractivity contribution in [2.75, 3.05) is 14.1 Å². The van der Waals surface area contributed by atoms with Gasteiger partial charge < -0.3 is 15.5 Å². The zero-order valence-corrected chi connectivity index (χ0v) is 25.7. The summed E-state index contributed by atoms with van der Waals surface area (Å²) < 4.78 is 0. The van der Waals surface area contributed by atoms with Crippen molar-refractivity contribution in [1.82, 2.24) is 15.5 Å². The van der Waals surface area contributed by atoms with Crippen LogP contribution in [0.15, 0.2) is 144 Å². The van der Waals surface area contributed by atoms with Gasteiger partial charge in [-0.15, -0.1) is 0 Å².